The third kappa shape index (κ3) is 3.60. The third-order valence-electron chi connectivity index (χ3n) is 9.49. The maximum absolute atomic E-state index is 14.4. The Morgan fingerprint density at radius 1 is 0.814 bits per heavy atom. The van der Waals surface area contributed by atoms with Crippen molar-refractivity contribution in [1.29, 1.82) is 0 Å². The number of allylic oxidation sites excluding steroid dienone is 2. The van der Waals surface area contributed by atoms with Crippen LogP contribution in [0.1, 0.15) is 29.9 Å². The van der Waals surface area contributed by atoms with Crippen molar-refractivity contribution in [3.05, 3.63) is 101 Å². The van der Waals surface area contributed by atoms with E-state index in [9.17, 15) is 28.7 Å². The molecular formula is C33H25Cl2FN2O5. The SMILES string of the molecule is Cc1cccc(C2C3=CCC4C(=O)N(c5ccccc5)C(=O)C4C3CC3(Cl)C(=O)N(c4ccc(F)cc4)C(=O)C23Cl)c1O. The van der Waals surface area contributed by atoms with Crippen molar-refractivity contribution in [1.82, 2.24) is 0 Å². The molecule has 7 nitrogen and oxygen atoms in total. The number of para-hydroxylation sites is 2. The number of halogens is 3. The zero-order valence-electron chi connectivity index (χ0n) is 22.8. The quantitative estimate of drug-likeness (QED) is 0.234. The van der Waals surface area contributed by atoms with Crippen LogP contribution in [-0.4, -0.2) is 38.5 Å². The average molecular weight is 619 g/mol. The second kappa shape index (κ2) is 9.49. The van der Waals surface area contributed by atoms with Gasteiger partial charge in [0.05, 0.1) is 23.2 Å². The molecule has 4 aliphatic rings. The van der Waals surface area contributed by atoms with Crippen LogP contribution in [0.4, 0.5) is 15.8 Å². The van der Waals surface area contributed by atoms with Gasteiger partial charge in [-0.1, -0.05) is 48.0 Å². The summed E-state index contributed by atoms with van der Waals surface area (Å²) in [5.74, 6) is -6.46. The minimum absolute atomic E-state index is 0.0928. The summed E-state index contributed by atoms with van der Waals surface area (Å²) >= 11 is 14.7. The van der Waals surface area contributed by atoms with E-state index in [0.29, 0.717) is 16.8 Å². The zero-order chi connectivity index (χ0) is 30.4. The standard InChI is InChI=1S/C33H25Cl2FN2O5/c1-17-6-5-9-23(27(17)39)26-21-14-15-22-25(29(41)37(28(22)40)19-7-3-2-4-8-19)24(21)16-32(34)30(42)38(31(43)33(26,32)35)20-12-10-18(36)11-13-20/h2-14,22,24-26,39H,15-16H2,1H3. The van der Waals surface area contributed by atoms with Gasteiger partial charge in [0.25, 0.3) is 11.8 Å². The fraction of sp³-hybridized carbons (Fsp3) is 0.273. The molecule has 218 valence electrons. The highest BCUT2D eigenvalue weighted by Gasteiger charge is 2.77. The highest BCUT2D eigenvalue weighted by atomic mass is 35.5. The Morgan fingerprint density at radius 3 is 2.19 bits per heavy atom. The van der Waals surface area contributed by atoms with E-state index in [1.54, 1.807) is 55.5 Å². The summed E-state index contributed by atoms with van der Waals surface area (Å²) in [5.41, 5.74) is 1.91. The van der Waals surface area contributed by atoms with Crippen LogP contribution in [0.3, 0.4) is 0 Å². The van der Waals surface area contributed by atoms with Crippen molar-refractivity contribution >= 4 is 58.2 Å². The number of anilines is 2. The summed E-state index contributed by atoms with van der Waals surface area (Å²) in [4.78, 5) is 54.2. The molecule has 43 heavy (non-hydrogen) atoms. The van der Waals surface area contributed by atoms with Gasteiger partial charge in [-0.15, -0.1) is 23.2 Å². The van der Waals surface area contributed by atoms with Crippen molar-refractivity contribution in [3.8, 4) is 5.75 Å². The van der Waals surface area contributed by atoms with Gasteiger partial charge in [-0.25, -0.2) is 9.29 Å². The number of nitrogens with zero attached hydrogens (tertiary/aromatic N) is 2. The predicted octanol–water partition coefficient (Wildman–Crippen LogP) is 5.61. The molecule has 6 unspecified atom stereocenters. The number of phenolic OH excluding ortho intramolecular Hbond substituents is 1. The van der Waals surface area contributed by atoms with E-state index in [2.05, 4.69) is 0 Å². The maximum atomic E-state index is 14.4. The maximum Gasteiger partial charge on any atom is 0.258 e. The Morgan fingerprint density at radius 2 is 1.49 bits per heavy atom. The summed E-state index contributed by atoms with van der Waals surface area (Å²) in [6.45, 7) is 1.70. The first-order valence-electron chi connectivity index (χ1n) is 13.9. The number of benzene rings is 3. The van der Waals surface area contributed by atoms with Gasteiger partial charge < -0.3 is 5.11 Å². The number of aromatic hydroxyl groups is 1. The van der Waals surface area contributed by atoms with E-state index in [0.717, 1.165) is 17.0 Å². The summed E-state index contributed by atoms with van der Waals surface area (Å²) in [6.07, 6.45) is 1.83. The van der Waals surface area contributed by atoms with Crippen LogP contribution >= 0.6 is 23.2 Å². The lowest BCUT2D eigenvalue weighted by atomic mass is 9.56. The van der Waals surface area contributed by atoms with Crippen molar-refractivity contribution < 1.29 is 28.7 Å². The van der Waals surface area contributed by atoms with Crippen LogP contribution in [0.25, 0.3) is 0 Å². The first-order valence-corrected chi connectivity index (χ1v) is 14.7. The molecule has 6 atom stereocenters. The number of aryl methyl sites for hydroxylation is 1. The molecule has 10 heteroatoms. The minimum atomic E-state index is -2.11. The monoisotopic (exact) mass is 618 g/mol. The normalized spacial score (nSPS) is 31.6. The van der Waals surface area contributed by atoms with Crippen LogP contribution in [0.15, 0.2) is 84.4 Å². The molecule has 0 spiro atoms. The Bertz CT molecular complexity index is 1760. The van der Waals surface area contributed by atoms with Gasteiger partial charge in [0.15, 0.2) is 9.75 Å². The Labute approximate surface area is 256 Å². The summed E-state index contributed by atoms with van der Waals surface area (Å²) in [7, 11) is 0. The van der Waals surface area contributed by atoms with Crippen LogP contribution < -0.4 is 9.80 Å². The minimum Gasteiger partial charge on any atom is -0.507 e. The predicted molar refractivity (Wildman–Crippen MR) is 158 cm³/mol. The number of alkyl halides is 2. The molecule has 3 aromatic rings. The largest absolute Gasteiger partial charge is 0.507 e. The highest BCUT2D eigenvalue weighted by Crippen LogP contribution is 2.66. The molecule has 2 saturated heterocycles. The molecule has 2 heterocycles. The molecule has 4 amide bonds. The van der Waals surface area contributed by atoms with E-state index in [-0.39, 0.29) is 35.7 Å². The van der Waals surface area contributed by atoms with Crippen LogP contribution in [-0.2, 0) is 19.2 Å². The summed E-state index contributed by atoms with van der Waals surface area (Å²) < 4.78 is 13.8. The Kier molecular flexibility index (Phi) is 6.14. The number of amides is 4. The Balaban J connectivity index is 1.42. The molecule has 7 rings (SSSR count). The lowest BCUT2D eigenvalue weighted by molar-refractivity contribution is -0.125. The molecule has 0 bridgehead atoms. The number of rotatable bonds is 3. The first kappa shape index (κ1) is 27.8. The molecule has 2 aliphatic carbocycles. The topological polar surface area (TPSA) is 95.0 Å². The number of hydrogen-bond donors (Lipinski definition) is 1. The van der Waals surface area contributed by atoms with Crippen LogP contribution in [0.2, 0.25) is 0 Å². The van der Waals surface area contributed by atoms with E-state index in [1.165, 1.54) is 17.0 Å². The van der Waals surface area contributed by atoms with Gasteiger partial charge in [-0.2, -0.15) is 0 Å². The third-order valence-corrected chi connectivity index (χ3v) is 10.9. The molecule has 3 fully saturated rings. The van der Waals surface area contributed by atoms with Crippen molar-refractivity contribution in [3.63, 3.8) is 0 Å². The number of carbonyl (C=O) groups excluding carboxylic acids is 4. The molecule has 3 aromatic carbocycles. The number of carbonyl (C=O) groups is 4. The number of imide groups is 2. The van der Waals surface area contributed by atoms with Gasteiger partial charge in [0.1, 0.15) is 11.6 Å². The molecular weight excluding hydrogens is 594 g/mol. The molecule has 2 aliphatic heterocycles. The molecule has 1 N–H and O–H groups in total. The highest BCUT2D eigenvalue weighted by molar-refractivity contribution is 6.58. The Hall–Kier alpha value is -4.01. The fourth-order valence-corrected chi connectivity index (χ4v) is 8.42. The lowest BCUT2D eigenvalue weighted by Gasteiger charge is -2.50. The zero-order valence-corrected chi connectivity index (χ0v) is 24.3. The van der Waals surface area contributed by atoms with E-state index < -0.39 is 57.0 Å². The van der Waals surface area contributed by atoms with Gasteiger partial charge >= 0.3 is 0 Å². The van der Waals surface area contributed by atoms with Gasteiger partial charge in [0.2, 0.25) is 11.8 Å². The van der Waals surface area contributed by atoms with E-state index in [1.807, 2.05) is 6.08 Å². The smallest absolute Gasteiger partial charge is 0.258 e. The van der Waals surface area contributed by atoms with Gasteiger partial charge in [-0.05, 0) is 67.6 Å². The van der Waals surface area contributed by atoms with Crippen molar-refractivity contribution in [2.75, 3.05) is 9.80 Å². The van der Waals surface area contributed by atoms with E-state index >= 15 is 0 Å². The lowest BCUT2D eigenvalue weighted by Crippen LogP contribution is -2.60. The molecule has 1 saturated carbocycles. The fourth-order valence-electron chi connectivity index (χ4n) is 7.49. The van der Waals surface area contributed by atoms with E-state index in [4.69, 9.17) is 23.2 Å². The van der Waals surface area contributed by atoms with Crippen LogP contribution in [0, 0.1) is 30.5 Å². The number of phenols is 1. The number of hydrogen-bond acceptors (Lipinski definition) is 5. The molecule has 0 aromatic heterocycles. The van der Waals surface area contributed by atoms with Gasteiger partial charge in [-0.3, -0.25) is 24.1 Å². The average Bonchev–Trinajstić information content (AvgIpc) is 3.34. The summed E-state index contributed by atoms with van der Waals surface area (Å²) in [5, 5.41) is 11.3. The molecule has 0 radical (unpaired) electrons. The number of fused-ring (bicyclic) bond motifs is 4. The van der Waals surface area contributed by atoms with Crippen LogP contribution in [0.5, 0.6) is 5.75 Å². The first-order chi connectivity index (χ1) is 20.5. The second-order valence-electron chi connectivity index (χ2n) is 11.6. The van der Waals surface area contributed by atoms with Gasteiger partial charge in [0, 0.05) is 11.5 Å². The van der Waals surface area contributed by atoms with Crippen molar-refractivity contribution in [2.24, 2.45) is 17.8 Å². The summed E-state index contributed by atoms with van der Waals surface area (Å²) in [6, 6.07) is 18.5. The second-order valence-corrected chi connectivity index (χ2v) is 12.9. The van der Waals surface area contributed by atoms with Crippen molar-refractivity contribution in [2.45, 2.75) is 35.4 Å².